The number of carbonyl (C=O) groups excluding carboxylic acids is 1. The zero-order chi connectivity index (χ0) is 19.9. The van der Waals surface area contributed by atoms with E-state index < -0.39 is 30.6 Å². The van der Waals surface area contributed by atoms with Gasteiger partial charge in [0.2, 0.25) is 5.88 Å². The minimum atomic E-state index is -4.48. The third-order valence-electron chi connectivity index (χ3n) is 3.57. The first kappa shape index (κ1) is 20.2. The molecular weight excluding hydrogens is 365 g/mol. The molecule has 6 nitrogen and oxygen atoms in total. The highest BCUT2D eigenvalue weighted by Gasteiger charge is 2.28. The van der Waals surface area contributed by atoms with Gasteiger partial charge in [-0.05, 0) is 18.1 Å². The molecule has 0 aliphatic heterocycles. The van der Waals surface area contributed by atoms with Gasteiger partial charge in [0.15, 0.2) is 6.61 Å². The van der Waals surface area contributed by atoms with Crippen molar-refractivity contribution in [2.45, 2.75) is 12.6 Å². The molecule has 0 spiro atoms. The van der Waals surface area contributed by atoms with Gasteiger partial charge in [-0.15, -0.1) is 0 Å². The average molecular weight is 382 g/mol. The number of hydrogen-bond donors (Lipinski definition) is 2. The van der Waals surface area contributed by atoms with E-state index in [1.807, 2.05) is 6.07 Å². The SMILES string of the molecule is O=C(NCC(Cc1ccccc1)C(=O)O)c1ccc(OCC(F)(F)F)nc1. The summed E-state index contributed by atoms with van der Waals surface area (Å²) in [5.74, 6) is -2.72. The van der Waals surface area contributed by atoms with Gasteiger partial charge < -0.3 is 15.2 Å². The van der Waals surface area contributed by atoms with E-state index in [4.69, 9.17) is 0 Å². The maximum Gasteiger partial charge on any atom is 0.422 e. The average Bonchev–Trinajstić information content (AvgIpc) is 2.63. The van der Waals surface area contributed by atoms with Crippen LogP contribution in [0.5, 0.6) is 5.88 Å². The number of ether oxygens (including phenoxy) is 1. The quantitative estimate of drug-likeness (QED) is 0.733. The summed E-state index contributed by atoms with van der Waals surface area (Å²) in [4.78, 5) is 27.1. The second kappa shape index (κ2) is 9.02. The number of aromatic nitrogens is 1. The Morgan fingerprint density at radius 3 is 2.41 bits per heavy atom. The molecule has 1 aromatic carbocycles. The molecule has 1 amide bonds. The van der Waals surface area contributed by atoms with E-state index in [1.165, 1.54) is 6.07 Å². The summed E-state index contributed by atoms with van der Waals surface area (Å²) in [5.41, 5.74) is 0.908. The van der Waals surface area contributed by atoms with Crippen LogP contribution >= 0.6 is 0 Å². The van der Waals surface area contributed by atoms with Crippen molar-refractivity contribution in [3.8, 4) is 5.88 Å². The van der Waals surface area contributed by atoms with Crippen LogP contribution in [0.4, 0.5) is 13.2 Å². The number of nitrogens with zero attached hydrogens (tertiary/aromatic N) is 1. The van der Waals surface area contributed by atoms with Crippen molar-refractivity contribution in [2.24, 2.45) is 5.92 Å². The van der Waals surface area contributed by atoms with Crippen LogP contribution in [0.1, 0.15) is 15.9 Å². The van der Waals surface area contributed by atoms with Crippen molar-refractivity contribution >= 4 is 11.9 Å². The largest absolute Gasteiger partial charge is 0.481 e. The van der Waals surface area contributed by atoms with Gasteiger partial charge in [0, 0.05) is 18.8 Å². The molecule has 0 radical (unpaired) electrons. The summed E-state index contributed by atoms with van der Waals surface area (Å²) >= 11 is 0. The Morgan fingerprint density at radius 1 is 1.15 bits per heavy atom. The number of amides is 1. The van der Waals surface area contributed by atoms with Crippen LogP contribution in [0, 0.1) is 5.92 Å². The Kier molecular flexibility index (Phi) is 6.75. The predicted molar refractivity (Wildman–Crippen MR) is 89.4 cm³/mol. The van der Waals surface area contributed by atoms with Crippen LogP contribution < -0.4 is 10.1 Å². The summed E-state index contributed by atoms with van der Waals surface area (Å²) in [6.45, 7) is -1.58. The number of alkyl halides is 3. The lowest BCUT2D eigenvalue weighted by Gasteiger charge is -2.14. The molecule has 9 heteroatoms. The van der Waals surface area contributed by atoms with Crippen LogP contribution in [0.2, 0.25) is 0 Å². The molecule has 0 fully saturated rings. The lowest BCUT2D eigenvalue weighted by molar-refractivity contribution is -0.154. The van der Waals surface area contributed by atoms with Crippen molar-refractivity contribution in [1.82, 2.24) is 10.3 Å². The van der Waals surface area contributed by atoms with Gasteiger partial charge in [-0.2, -0.15) is 13.2 Å². The molecule has 2 N–H and O–H groups in total. The van der Waals surface area contributed by atoms with E-state index in [0.717, 1.165) is 17.8 Å². The summed E-state index contributed by atoms with van der Waals surface area (Å²) in [5, 5.41) is 11.8. The summed E-state index contributed by atoms with van der Waals surface area (Å²) in [7, 11) is 0. The summed E-state index contributed by atoms with van der Waals surface area (Å²) in [6, 6.07) is 11.4. The normalized spacial score (nSPS) is 12.3. The monoisotopic (exact) mass is 382 g/mol. The molecule has 2 rings (SSSR count). The summed E-state index contributed by atoms with van der Waals surface area (Å²) < 4.78 is 40.7. The van der Waals surface area contributed by atoms with Gasteiger partial charge in [0.1, 0.15) is 0 Å². The van der Waals surface area contributed by atoms with Crippen molar-refractivity contribution in [3.63, 3.8) is 0 Å². The number of halogens is 3. The maximum atomic E-state index is 12.1. The van der Waals surface area contributed by atoms with Gasteiger partial charge in [0.05, 0.1) is 11.5 Å². The van der Waals surface area contributed by atoms with Gasteiger partial charge >= 0.3 is 12.1 Å². The Balaban J connectivity index is 1.90. The molecule has 1 aromatic heterocycles. The van der Waals surface area contributed by atoms with Gasteiger partial charge in [0.25, 0.3) is 5.91 Å². The fourth-order valence-corrected chi connectivity index (χ4v) is 2.22. The maximum absolute atomic E-state index is 12.1. The minimum absolute atomic E-state index is 0.0817. The highest BCUT2D eigenvalue weighted by molar-refractivity contribution is 5.94. The van der Waals surface area contributed by atoms with Crippen molar-refractivity contribution in [2.75, 3.05) is 13.2 Å². The molecule has 27 heavy (non-hydrogen) atoms. The number of nitrogens with one attached hydrogen (secondary N) is 1. The third kappa shape index (κ3) is 6.96. The molecule has 1 atom stereocenters. The predicted octanol–water partition coefficient (Wildman–Crippen LogP) is 2.70. The molecule has 144 valence electrons. The second-order valence-electron chi connectivity index (χ2n) is 5.72. The van der Waals surface area contributed by atoms with E-state index >= 15 is 0 Å². The first-order valence-corrected chi connectivity index (χ1v) is 7.95. The molecule has 0 aliphatic rings. The van der Waals surface area contributed by atoms with E-state index in [2.05, 4.69) is 15.0 Å². The summed E-state index contributed by atoms with van der Waals surface area (Å²) in [6.07, 6.45) is -3.17. The topological polar surface area (TPSA) is 88.5 Å². The fraction of sp³-hybridized carbons (Fsp3) is 0.278. The van der Waals surface area contributed by atoms with Crippen LogP contribution in [0.15, 0.2) is 48.7 Å². The fourth-order valence-electron chi connectivity index (χ4n) is 2.22. The smallest absolute Gasteiger partial charge is 0.422 e. The van der Waals surface area contributed by atoms with E-state index in [1.54, 1.807) is 24.3 Å². The van der Waals surface area contributed by atoms with Gasteiger partial charge in [-0.25, -0.2) is 4.98 Å². The zero-order valence-corrected chi connectivity index (χ0v) is 14.1. The van der Waals surface area contributed by atoms with Crippen LogP contribution in [-0.2, 0) is 11.2 Å². The third-order valence-corrected chi connectivity index (χ3v) is 3.57. The lowest BCUT2D eigenvalue weighted by Crippen LogP contribution is -2.34. The molecule has 0 saturated heterocycles. The molecule has 0 bridgehead atoms. The molecule has 1 heterocycles. The lowest BCUT2D eigenvalue weighted by atomic mass is 9.99. The molecule has 0 aliphatic carbocycles. The van der Waals surface area contributed by atoms with Crippen molar-refractivity contribution < 1.29 is 32.6 Å². The number of aliphatic carboxylic acids is 1. The van der Waals surface area contributed by atoms with E-state index in [9.17, 15) is 27.9 Å². The Bertz CT molecular complexity index is 764. The number of benzene rings is 1. The van der Waals surface area contributed by atoms with E-state index in [0.29, 0.717) is 0 Å². The molecular formula is C18H17F3N2O4. The van der Waals surface area contributed by atoms with Gasteiger partial charge in [-0.1, -0.05) is 30.3 Å². The molecule has 1 unspecified atom stereocenters. The van der Waals surface area contributed by atoms with Crippen LogP contribution in [0.25, 0.3) is 0 Å². The zero-order valence-electron chi connectivity index (χ0n) is 14.1. The Morgan fingerprint density at radius 2 is 1.85 bits per heavy atom. The highest BCUT2D eigenvalue weighted by Crippen LogP contribution is 2.17. The van der Waals surface area contributed by atoms with Crippen LogP contribution in [0.3, 0.4) is 0 Å². The molecule has 2 aromatic rings. The number of carbonyl (C=O) groups is 2. The van der Waals surface area contributed by atoms with E-state index in [-0.39, 0.29) is 24.4 Å². The number of pyridine rings is 1. The highest BCUT2D eigenvalue weighted by atomic mass is 19.4. The number of rotatable bonds is 8. The standard InChI is InChI=1S/C18H17F3N2O4/c19-18(20,21)11-27-15-7-6-13(9-22-15)16(24)23-10-14(17(25)26)8-12-4-2-1-3-5-12/h1-7,9,14H,8,10-11H2,(H,23,24)(H,25,26). The van der Waals surface area contributed by atoms with Crippen LogP contribution in [-0.4, -0.2) is 41.3 Å². The van der Waals surface area contributed by atoms with Crippen molar-refractivity contribution in [1.29, 1.82) is 0 Å². The first-order chi connectivity index (χ1) is 12.7. The number of hydrogen-bond acceptors (Lipinski definition) is 4. The first-order valence-electron chi connectivity index (χ1n) is 7.95. The second-order valence-corrected chi connectivity index (χ2v) is 5.72. The van der Waals surface area contributed by atoms with Gasteiger partial charge in [-0.3, -0.25) is 9.59 Å². The minimum Gasteiger partial charge on any atom is -0.481 e. The van der Waals surface area contributed by atoms with Crippen molar-refractivity contribution in [3.05, 3.63) is 59.8 Å². The number of carboxylic acid groups (broad SMARTS) is 1. The Labute approximate surface area is 153 Å². The Hall–Kier alpha value is -3.10. The number of carboxylic acids is 1. The molecule has 0 saturated carbocycles.